The highest BCUT2D eigenvalue weighted by Crippen LogP contribution is 2.21. The molecule has 0 radical (unpaired) electrons. The topological polar surface area (TPSA) is 49.6 Å². The largest absolute Gasteiger partial charge is 0.340 e. The standard InChI is InChI=1S/C13H25N3O/c1-10(2)12(14)13(17)16-8-4-7-15-6-3-5-11(15)9-16/h10-12H,3-9,14H2,1-2H3/t11?,12-/m1/s1. The molecule has 2 heterocycles. The lowest BCUT2D eigenvalue weighted by Crippen LogP contribution is -2.49. The fourth-order valence-corrected chi connectivity index (χ4v) is 2.90. The summed E-state index contributed by atoms with van der Waals surface area (Å²) in [5.41, 5.74) is 5.97. The number of hydrogen-bond donors (Lipinski definition) is 1. The zero-order valence-electron chi connectivity index (χ0n) is 11.1. The lowest BCUT2D eigenvalue weighted by atomic mass is 10.0. The van der Waals surface area contributed by atoms with Crippen molar-refractivity contribution in [1.29, 1.82) is 0 Å². The van der Waals surface area contributed by atoms with Crippen LogP contribution in [0.25, 0.3) is 0 Å². The van der Waals surface area contributed by atoms with E-state index in [0.717, 1.165) is 26.1 Å². The second-order valence-corrected chi connectivity index (χ2v) is 5.74. The maximum Gasteiger partial charge on any atom is 0.239 e. The second kappa shape index (κ2) is 5.36. The zero-order valence-corrected chi connectivity index (χ0v) is 11.1. The first-order chi connectivity index (χ1) is 8.09. The molecule has 1 unspecified atom stereocenters. The van der Waals surface area contributed by atoms with Gasteiger partial charge in [-0.05, 0) is 31.7 Å². The molecule has 2 aliphatic heterocycles. The van der Waals surface area contributed by atoms with E-state index < -0.39 is 0 Å². The van der Waals surface area contributed by atoms with Crippen molar-refractivity contribution in [3.8, 4) is 0 Å². The molecule has 0 bridgehead atoms. The number of rotatable bonds is 2. The monoisotopic (exact) mass is 239 g/mol. The molecular formula is C13H25N3O. The summed E-state index contributed by atoms with van der Waals surface area (Å²) in [5, 5.41) is 0. The first kappa shape index (κ1) is 12.8. The molecule has 0 saturated carbocycles. The van der Waals surface area contributed by atoms with E-state index in [4.69, 9.17) is 5.73 Å². The van der Waals surface area contributed by atoms with Crippen LogP contribution in [0.1, 0.15) is 33.1 Å². The molecule has 2 N–H and O–H groups in total. The molecule has 0 spiro atoms. The maximum absolute atomic E-state index is 12.3. The minimum absolute atomic E-state index is 0.147. The van der Waals surface area contributed by atoms with Gasteiger partial charge in [-0.1, -0.05) is 13.8 Å². The minimum Gasteiger partial charge on any atom is -0.340 e. The molecule has 0 aromatic rings. The predicted molar refractivity (Wildman–Crippen MR) is 68.6 cm³/mol. The van der Waals surface area contributed by atoms with Crippen molar-refractivity contribution in [2.75, 3.05) is 26.2 Å². The summed E-state index contributed by atoms with van der Waals surface area (Å²) in [6.07, 6.45) is 3.61. The van der Waals surface area contributed by atoms with Crippen LogP contribution < -0.4 is 5.73 Å². The second-order valence-electron chi connectivity index (χ2n) is 5.74. The normalized spacial score (nSPS) is 28.0. The Morgan fingerprint density at radius 2 is 1.94 bits per heavy atom. The third kappa shape index (κ3) is 2.80. The summed E-state index contributed by atoms with van der Waals surface area (Å²) < 4.78 is 0. The van der Waals surface area contributed by atoms with Crippen LogP contribution in [0.3, 0.4) is 0 Å². The molecule has 17 heavy (non-hydrogen) atoms. The molecule has 2 aliphatic rings. The average Bonchev–Trinajstić information content (AvgIpc) is 2.64. The summed E-state index contributed by atoms with van der Waals surface area (Å²) in [7, 11) is 0. The smallest absolute Gasteiger partial charge is 0.239 e. The number of hydrogen-bond acceptors (Lipinski definition) is 3. The molecule has 2 atom stereocenters. The number of nitrogens with two attached hydrogens (primary N) is 1. The number of carbonyl (C=O) groups is 1. The first-order valence-corrected chi connectivity index (χ1v) is 6.88. The van der Waals surface area contributed by atoms with Gasteiger partial charge >= 0.3 is 0 Å². The molecule has 2 fully saturated rings. The van der Waals surface area contributed by atoms with Gasteiger partial charge in [0, 0.05) is 25.7 Å². The summed E-state index contributed by atoms with van der Waals surface area (Å²) in [6.45, 7) is 8.16. The van der Waals surface area contributed by atoms with Crippen LogP contribution in [-0.2, 0) is 4.79 Å². The molecule has 0 aromatic carbocycles. The molecule has 0 aliphatic carbocycles. The molecule has 4 heteroatoms. The molecule has 0 aromatic heterocycles. The van der Waals surface area contributed by atoms with Gasteiger partial charge in [0.15, 0.2) is 0 Å². The Hall–Kier alpha value is -0.610. The Labute approximate surface area is 104 Å². The highest BCUT2D eigenvalue weighted by molar-refractivity contribution is 5.82. The van der Waals surface area contributed by atoms with Crippen molar-refractivity contribution in [2.24, 2.45) is 11.7 Å². The fraction of sp³-hybridized carbons (Fsp3) is 0.923. The van der Waals surface area contributed by atoms with Crippen molar-refractivity contribution in [3.63, 3.8) is 0 Å². The third-order valence-electron chi connectivity index (χ3n) is 4.12. The third-order valence-corrected chi connectivity index (χ3v) is 4.12. The van der Waals surface area contributed by atoms with Gasteiger partial charge in [0.1, 0.15) is 0 Å². The number of amides is 1. The van der Waals surface area contributed by atoms with E-state index in [1.54, 1.807) is 0 Å². The van der Waals surface area contributed by atoms with Gasteiger partial charge in [-0.2, -0.15) is 0 Å². The van der Waals surface area contributed by atoms with Gasteiger partial charge in [0.2, 0.25) is 5.91 Å². The molecule has 1 amide bonds. The van der Waals surface area contributed by atoms with Gasteiger partial charge in [-0.3, -0.25) is 9.69 Å². The van der Waals surface area contributed by atoms with Crippen LogP contribution in [0, 0.1) is 5.92 Å². The molecular weight excluding hydrogens is 214 g/mol. The zero-order chi connectivity index (χ0) is 12.4. The van der Waals surface area contributed by atoms with Crippen molar-refractivity contribution in [2.45, 2.75) is 45.2 Å². The van der Waals surface area contributed by atoms with Crippen LogP contribution >= 0.6 is 0 Å². The Morgan fingerprint density at radius 3 is 2.65 bits per heavy atom. The Kier molecular flexibility index (Phi) is 4.05. The number of nitrogens with zero attached hydrogens (tertiary/aromatic N) is 2. The van der Waals surface area contributed by atoms with E-state index >= 15 is 0 Å². The van der Waals surface area contributed by atoms with Crippen molar-refractivity contribution >= 4 is 5.91 Å². The van der Waals surface area contributed by atoms with Gasteiger partial charge in [0.25, 0.3) is 0 Å². The molecule has 4 nitrogen and oxygen atoms in total. The summed E-state index contributed by atoms with van der Waals surface area (Å²) in [5.74, 6) is 0.374. The predicted octanol–water partition coefficient (Wildman–Crippen LogP) is 0.666. The van der Waals surface area contributed by atoms with Crippen LogP contribution in [0.4, 0.5) is 0 Å². The van der Waals surface area contributed by atoms with Crippen LogP contribution in [0.2, 0.25) is 0 Å². The van der Waals surface area contributed by atoms with Crippen LogP contribution in [0.15, 0.2) is 0 Å². The van der Waals surface area contributed by atoms with Crippen molar-refractivity contribution < 1.29 is 4.79 Å². The Morgan fingerprint density at radius 1 is 1.24 bits per heavy atom. The maximum atomic E-state index is 12.3. The average molecular weight is 239 g/mol. The first-order valence-electron chi connectivity index (χ1n) is 6.88. The van der Waals surface area contributed by atoms with E-state index in [0.29, 0.717) is 6.04 Å². The van der Waals surface area contributed by atoms with E-state index in [1.165, 1.54) is 19.4 Å². The van der Waals surface area contributed by atoms with Crippen molar-refractivity contribution in [3.05, 3.63) is 0 Å². The summed E-state index contributed by atoms with van der Waals surface area (Å²) >= 11 is 0. The Balaban J connectivity index is 1.98. The quantitative estimate of drug-likeness (QED) is 0.770. The van der Waals surface area contributed by atoms with E-state index in [2.05, 4.69) is 4.90 Å². The van der Waals surface area contributed by atoms with E-state index in [-0.39, 0.29) is 17.9 Å². The summed E-state index contributed by atoms with van der Waals surface area (Å²) in [4.78, 5) is 16.8. The molecule has 2 saturated heterocycles. The summed E-state index contributed by atoms with van der Waals surface area (Å²) in [6, 6.07) is 0.253. The van der Waals surface area contributed by atoms with Gasteiger partial charge < -0.3 is 10.6 Å². The lowest BCUT2D eigenvalue weighted by Gasteiger charge is -2.28. The minimum atomic E-state index is -0.331. The highest BCUT2D eigenvalue weighted by atomic mass is 16.2. The molecule has 98 valence electrons. The Bertz CT molecular complexity index is 280. The van der Waals surface area contributed by atoms with E-state index in [9.17, 15) is 4.79 Å². The lowest BCUT2D eigenvalue weighted by molar-refractivity contribution is -0.133. The molecule has 2 rings (SSSR count). The number of carbonyl (C=O) groups excluding carboxylic acids is 1. The highest BCUT2D eigenvalue weighted by Gasteiger charge is 2.32. The van der Waals surface area contributed by atoms with Gasteiger partial charge in [-0.25, -0.2) is 0 Å². The van der Waals surface area contributed by atoms with Crippen LogP contribution in [0.5, 0.6) is 0 Å². The van der Waals surface area contributed by atoms with E-state index in [1.807, 2.05) is 18.7 Å². The SMILES string of the molecule is CC(C)[C@@H](N)C(=O)N1CCCN2CCCC2C1. The fourth-order valence-electron chi connectivity index (χ4n) is 2.90. The van der Waals surface area contributed by atoms with Gasteiger partial charge in [0.05, 0.1) is 6.04 Å². The van der Waals surface area contributed by atoms with Gasteiger partial charge in [-0.15, -0.1) is 0 Å². The van der Waals surface area contributed by atoms with Crippen molar-refractivity contribution in [1.82, 2.24) is 9.80 Å². The van der Waals surface area contributed by atoms with Crippen LogP contribution in [-0.4, -0.2) is 54.0 Å². The number of fused-ring (bicyclic) bond motifs is 1.